The molecule has 0 fully saturated rings. The molecule has 60 valence electrons. The highest BCUT2D eigenvalue weighted by molar-refractivity contribution is 5.00. The second kappa shape index (κ2) is 5.39. The predicted molar refractivity (Wildman–Crippen MR) is 39.3 cm³/mol. The van der Waals surface area contributed by atoms with E-state index >= 15 is 0 Å². The van der Waals surface area contributed by atoms with Gasteiger partial charge in [0.05, 0.1) is 0 Å². The monoisotopic (exact) mass is 148 g/mol. The van der Waals surface area contributed by atoms with Gasteiger partial charge < -0.3 is 0 Å². The van der Waals surface area contributed by atoms with Gasteiger partial charge in [-0.3, -0.25) is 0 Å². The van der Waals surface area contributed by atoms with Gasteiger partial charge in [-0.1, -0.05) is 25.8 Å². The first kappa shape index (κ1) is 9.60. The molecule has 0 saturated carbocycles. The van der Waals surface area contributed by atoms with Crippen LogP contribution in [0.15, 0.2) is 11.6 Å². The maximum Gasteiger partial charge on any atom is 0.259 e. The van der Waals surface area contributed by atoms with Gasteiger partial charge in [0.25, 0.3) is 6.43 Å². The zero-order valence-electron chi connectivity index (χ0n) is 6.53. The molecule has 0 spiro atoms. The second-order valence-electron chi connectivity index (χ2n) is 2.39. The van der Waals surface area contributed by atoms with Gasteiger partial charge in [0.15, 0.2) is 0 Å². The van der Waals surface area contributed by atoms with Gasteiger partial charge >= 0.3 is 0 Å². The lowest BCUT2D eigenvalue weighted by Crippen LogP contribution is -1.90. The summed E-state index contributed by atoms with van der Waals surface area (Å²) in [5.74, 6) is 0. The molecule has 0 unspecified atom stereocenters. The third kappa shape index (κ3) is 4.48. The van der Waals surface area contributed by atoms with Crippen LogP contribution < -0.4 is 0 Å². The molecule has 0 N–H and O–H groups in total. The Morgan fingerprint density at radius 1 is 1.50 bits per heavy atom. The van der Waals surface area contributed by atoms with E-state index in [0.29, 0.717) is 0 Å². The topological polar surface area (TPSA) is 0 Å². The van der Waals surface area contributed by atoms with Crippen LogP contribution in [0.5, 0.6) is 0 Å². The van der Waals surface area contributed by atoms with Gasteiger partial charge in [0.1, 0.15) is 0 Å². The maximum absolute atomic E-state index is 11.8. The number of halogens is 2. The van der Waals surface area contributed by atoms with Crippen LogP contribution in [-0.2, 0) is 0 Å². The van der Waals surface area contributed by atoms with Gasteiger partial charge in [-0.05, 0) is 18.9 Å². The van der Waals surface area contributed by atoms with Crippen molar-refractivity contribution < 1.29 is 8.78 Å². The number of hydrogen-bond acceptors (Lipinski definition) is 0. The summed E-state index contributed by atoms with van der Waals surface area (Å²) >= 11 is 0. The zero-order valence-corrected chi connectivity index (χ0v) is 6.53. The largest absolute Gasteiger partial charge is 0.259 e. The first-order valence-corrected chi connectivity index (χ1v) is 3.63. The van der Waals surface area contributed by atoms with Crippen molar-refractivity contribution in [2.75, 3.05) is 0 Å². The van der Waals surface area contributed by atoms with Gasteiger partial charge in [-0.2, -0.15) is 0 Å². The van der Waals surface area contributed by atoms with E-state index in [-0.39, 0.29) is 5.57 Å². The van der Waals surface area contributed by atoms with Crippen LogP contribution in [0.3, 0.4) is 0 Å². The van der Waals surface area contributed by atoms with E-state index in [9.17, 15) is 8.78 Å². The number of alkyl halides is 2. The fraction of sp³-hybridized carbons (Fsp3) is 0.750. The Hall–Kier alpha value is -0.400. The number of allylic oxidation sites excluding steroid dienone is 2. The normalized spacial score (nSPS) is 12.7. The van der Waals surface area contributed by atoms with Crippen LogP contribution in [0, 0.1) is 0 Å². The maximum atomic E-state index is 11.8. The van der Waals surface area contributed by atoms with Crippen LogP contribution in [0.4, 0.5) is 8.78 Å². The molecule has 2 heteroatoms. The summed E-state index contributed by atoms with van der Waals surface area (Å²) in [6, 6.07) is 0. The molecule has 0 heterocycles. The molecule has 0 radical (unpaired) electrons. The molecule has 0 atom stereocenters. The first-order valence-electron chi connectivity index (χ1n) is 3.63. The molecule has 0 aliphatic rings. The molecule has 10 heavy (non-hydrogen) atoms. The molecule has 0 aliphatic heterocycles. The standard InChI is InChI=1S/C8H14F2/c1-3-4-5-6-7(2)8(9)10/h6,8H,3-5H2,1-2H3/b7-6+. The Bertz CT molecular complexity index is 106. The van der Waals surface area contributed by atoms with E-state index in [4.69, 9.17) is 0 Å². The summed E-state index contributed by atoms with van der Waals surface area (Å²) in [5.41, 5.74) is 0.202. The summed E-state index contributed by atoms with van der Waals surface area (Å²) in [6.45, 7) is 3.52. The third-order valence-electron chi connectivity index (χ3n) is 1.37. The average molecular weight is 148 g/mol. The Kier molecular flexibility index (Phi) is 5.17. The molecule has 0 aromatic carbocycles. The minimum atomic E-state index is -2.27. The predicted octanol–water partition coefficient (Wildman–Crippen LogP) is 3.39. The Balaban J connectivity index is 3.48. The SMILES string of the molecule is CCCC/C=C(\C)C(F)F. The molecule has 0 aromatic heterocycles. The molecule has 0 amide bonds. The van der Waals surface area contributed by atoms with Crippen molar-refractivity contribution in [3.05, 3.63) is 11.6 Å². The minimum Gasteiger partial charge on any atom is -0.205 e. The molecule has 0 rings (SSSR count). The number of unbranched alkanes of at least 4 members (excludes halogenated alkanes) is 2. The lowest BCUT2D eigenvalue weighted by Gasteiger charge is -1.96. The summed E-state index contributed by atoms with van der Waals surface area (Å²) in [4.78, 5) is 0. The van der Waals surface area contributed by atoms with Crippen molar-refractivity contribution in [1.82, 2.24) is 0 Å². The summed E-state index contributed by atoms with van der Waals surface area (Å²) in [7, 11) is 0. The molecule has 0 saturated heterocycles. The van der Waals surface area contributed by atoms with E-state index in [1.54, 1.807) is 6.08 Å². The molecule has 0 aliphatic carbocycles. The highest BCUT2D eigenvalue weighted by atomic mass is 19.3. The van der Waals surface area contributed by atoms with Crippen molar-refractivity contribution in [3.63, 3.8) is 0 Å². The molecule has 0 aromatic rings. The van der Waals surface area contributed by atoms with Crippen LogP contribution in [0.2, 0.25) is 0 Å². The Morgan fingerprint density at radius 2 is 2.10 bits per heavy atom. The smallest absolute Gasteiger partial charge is 0.205 e. The second-order valence-corrected chi connectivity index (χ2v) is 2.39. The molecule has 0 bridgehead atoms. The zero-order chi connectivity index (χ0) is 7.98. The van der Waals surface area contributed by atoms with Crippen molar-refractivity contribution >= 4 is 0 Å². The van der Waals surface area contributed by atoms with Gasteiger partial charge in [-0.25, -0.2) is 8.78 Å². The Morgan fingerprint density at radius 3 is 2.50 bits per heavy atom. The molecule has 0 nitrogen and oxygen atoms in total. The third-order valence-corrected chi connectivity index (χ3v) is 1.37. The van der Waals surface area contributed by atoms with Crippen LogP contribution >= 0.6 is 0 Å². The first-order chi connectivity index (χ1) is 4.68. The summed E-state index contributed by atoms with van der Waals surface area (Å²) in [5, 5.41) is 0. The summed E-state index contributed by atoms with van der Waals surface area (Å²) < 4.78 is 23.6. The average Bonchev–Trinajstić information content (AvgIpc) is 1.88. The number of hydrogen-bond donors (Lipinski definition) is 0. The number of rotatable bonds is 4. The fourth-order valence-corrected chi connectivity index (χ4v) is 0.623. The van der Waals surface area contributed by atoms with Crippen molar-refractivity contribution in [1.29, 1.82) is 0 Å². The quantitative estimate of drug-likeness (QED) is 0.423. The molecular weight excluding hydrogens is 134 g/mol. The van der Waals surface area contributed by atoms with Crippen molar-refractivity contribution in [2.24, 2.45) is 0 Å². The van der Waals surface area contributed by atoms with E-state index in [1.807, 2.05) is 6.92 Å². The van der Waals surface area contributed by atoms with E-state index in [2.05, 4.69) is 0 Å². The van der Waals surface area contributed by atoms with Crippen molar-refractivity contribution in [2.45, 2.75) is 39.5 Å². The van der Waals surface area contributed by atoms with E-state index in [0.717, 1.165) is 19.3 Å². The van der Waals surface area contributed by atoms with Crippen molar-refractivity contribution in [3.8, 4) is 0 Å². The highest BCUT2D eigenvalue weighted by Crippen LogP contribution is 2.09. The Labute approximate surface area is 60.9 Å². The van der Waals surface area contributed by atoms with Crippen LogP contribution in [-0.4, -0.2) is 6.43 Å². The minimum absolute atomic E-state index is 0.202. The van der Waals surface area contributed by atoms with E-state index < -0.39 is 6.43 Å². The van der Waals surface area contributed by atoms with Gasteiger partial charge in [0.2, 0.25) is 0 Å². The van der Waals surface area contributed by atoms with Gasteiger partial charge in [0, 0.05) is 0 Å². The summed E-state index contributed by atoms with van der Waals surface area (Å²) in [6.07, 6.45) is 2.20. The fourth-order valence-electron chi connectivity index (χ4n) is 0.623. The van der Waals surface area contributed by atoms with E-state index in [1.165, 1.54) is 6.92 Å². The lowest BCUT2D eigenvalue weighted by atomic mass is 10.2. The highest BCUT2D eigenvalue weighted by Gasteiger charge is 2.02. The lowest BCUT2D eigenvalue weighted by molar-refractivity contribution is 0.189. The van der Waals surface area contributed by atoms with Crippen LogP contribution in [0.25, 0.3) is 0 Å². The molecular formula is C8H14F2. The van der Waals surface area contributed by atoms with Crippen LogP contribution in [0.1, 0.15) is 33.1 Å². The van der Waals surface area contributed by atoms with Gasteiger partial charge in [-0.15, -0.1) is 0 Å².